The molecule has 21 heavy (non-hydrogen) atoms. The van der Waals surface area contributed by atoms with Gasteiger partial charge in [0.1, 0.15) is 11.5 Å². The zero-order valence-corrected chi connectivity index (χ0v) is 12.6. The Labute approximate surface area is 125 Å². The van der Waals surface area contributed by atoms with Crippen molar-refractivity contribution in [3.63, 3.8) is 0 Å². The molecule has 1 aliphatic carbocycles. The summed E-state index contributed by atoms with van der Waals surface area (Å²) in [6.07, 6.45) is 8.52. The highest BCUT2D eigenvalue weighted by molar-refractivity contribution is 5.92. The number of piperazine rings is 1. The number of aromatic nitrogens is 2. The zero-order chi connectivity index (χ0) is 14.7. The Kier molecular flexibility index (Phi) is 4.34. The Morgan fingerprint density at radius 3 is 2.43 bits per heavy atom. The Morgan fingerprint density at radius 2 is 1.86 bits per heavy atom. The molecule has 1 aromatic heterocycles. The summed E-state index contributed by atoms with van der Waals surface area (Å²) in [5.41, 5.74) is 0.434. The van der Waals surface area contributed by atoms with Gasteiger partial charge in [0.15, 0.2) is 0 Å². The van der Waals surface area contributed by atoms with Crippen LogP contribution >= 0.6 is 0 Å². The predicted molar refractivity (Wildman–Crippen MR) is 81.3 cm³/mol. The molecular formula is C15H23N5O. The van der Waals surface area contributed by atoms with Crippen LogP contribution < -0.4 is 5.32 Å². The van der Waals surface area contributed by atoms with Gasteiger partial charge in [-0.15, -0.1) is 0 Å². The molecular weight excluding hydrogens is 266 g/mol. The molecule has 3 rings (SSSR count). The molecule has 0 unspecified atom stereocenters. The average molecular weight is 289 g/mol. The van der Waals surface area contributed by atoms with Crippen LogP contribution in [0.15, 0.2) is 12.4 Å². The van der Waals surface area contributed by atoms with Crippen molar-refractivity contribution in [2.24, 2.45) is 0 Å². The van der Waals surface area contributed by atoms with Crippen molar-refractivity contribution in [2.45, 2.75) is 31.7 Å². The molecule has 6 nitrogen and oxygen atoms in total. The highest BCUT2D eigenvalue weighted by Crippen LogP contribution is 2.24. The first-order valence-electron chi connectivity index (χ1n) is 7.81. The molecule has 1 amide bonds. The molecule has 114 valence electrons. The SMILES string of the molecule is CNc1cnc(C(=O)N2CCN(C3CCCC3)CC2)cn1. The van der Waals surface area contributed by atoms with Crippen LogP contribution in [0.4, 0.5) is 5.82 Å². The van der Waals surface area contributed by atoms with Gasteiger partial charge in [-0.1, -0.05) is 12.8 Å². The second-order valence-electron chi connectivity index (χ2n) is 5.80. The Balaban J connectivity index is 1.56. The number of rotatable bonds is 3. The molecule has 1 saturated carbocycles. The number of amides is 1. The van der Waals surface area contributed by atoms with Crippen LogP contribution in [0.3, 0.4) is 0 Å². The van der Waals surface area contributed by atoms with E-state index in [1.54, 1.807) is 19.4 Å². The summed E-state index contributed by atoms with van der Waals surface area (Å²) in [6.45, 7) is 3.56. The van der Waals surface area contributed by atoms with E-state index >= 15 is 0 Å². The number of hydrogen-bond acceptors (Lipinski definition) is 5. The van der Waals surface area contributed by atoms with Crippen molar-refractivity contribution in [1.29, 1.82) is 0 Å². The van der Waals surface area contributed by atoms with Crippen molar-refractivity contribution in [3.8, 4) is 0 Å². The Morgan fingerprint density at radius 1 is 1.14 bits per heavy atom. The molecule has 0 aromatic carbocycles. The molecule has 6 heteroatoms. The fraction of sp³-hybridized carbons (Fsp3) is 0.667. The van der Waals surface area contributed by atoms with Gasteiger partial charge in [-0.3, -0.25) is 9.69 Å². The Hall–Kier alpha value is -1.69. The van der Waals surface area contributed by atoms with E-state index in [2.05, 4.69) is 20.2 Å². The molecule has 0 spiro atoms. The van der Waals surface area contributed by atoms with Crippen molar-refractivity contribution >= 4 is 11.7 Å². The van der Waals surface area contributed by atoms with Gasteiger partial charge in [0.25, 0.3) is 5.91 Å². The topological polar surface area (TPSA) is 61.4 Å². The molecule has 2 aliphatic rings. The van der Waals surface area contributed by atoms with Crippen LogP contribution in [0.25, 0.3) is 0 Å². The summed E-state index contributed by atoms with van der Waals surface area (Å²) < 4.78 is 0. The van der Waals surface area contributed by atoms with Crippen LogP contribution in [-0.2, 0) is 0 Å². The van der Waals surface area contributed by atoms with Gasteiger partial charge >= 0.3 is 0 Å². The van der Waals surface area contributed by atoms with Gasteiger partial charge in [0.05, 0.1) is 12.4 Å². The van der Waals surface area contributed by atoms with E-state index in [9.17, 15) is 4.79 Å². The fourth-order valence-corrected chi connectivity index (χ4v) is 3.29. The summed E-state index contributed by atoms with van der Waals surface area (Å²) >= 11 is 0. The first-order chi connectivity index (χ1) is 10.3. The smallest absolute Gasteiger partial charge is 0.274 e. The molecule has 1 saturated heterocycles. The average Bonchev–Trinajstić information content (AvgIpc) is 3.09. The third-order valence-electron chi connectivity index (χ3n) is 4.57. The predicted octanol–water partition coefficient (Wildman–Crippen LogP) is 1.22. The lowest BCUT2D eigenvalue weighted by Crippen LogP contribution is -2.51. The second kappa shape index (κ2) is 6.39. The lowest BCUT2D eigenvalue weighted by molar-refractivity contribution is 0.0567. The summed E-state index contributed by atoms with van der Waals surface area (Å²) in [7, 11) is 1.79. The van der Waals surface area contributed by atoms with Crippen molar-refractivity contribution in [2.75, 3.05) is 38.5 Å². The van der Waals surface area contributed by atoms with E-state index < -0.39 is 0 Å². The number of nitrogens with zero attached hydrogens (tertiary/aromatic N) is 4. The minimum atomic E-state index is -0.00350. The normalized spacial score (nSPS) is 20.7. The molecule has 2 heterocycles. The Bertz CT molecular complexity index is 475. The largest absolute Gasteiger partial charge is 0.372 e. The quantitative estimate of drug-likeness (QED) is 0.906. The first-order valence-corrected chi connectivity index (χ1v) is 7.81. The summed E-state index contributed by atoms with van der Waals surface area (Å²) in [5, 5.41) is 2.90. The summed E-state index contributed by atoms with van der Waals surface area (Å²) in [4.78, 5) is 25.2. The highest BCUT2D eigenvalue weighted by Gasteiger charge is 2.28. The lowest BCUT2D eigenvalue weighted by Gasteiger charge is -2.37. The van der Waals surface area contributed by atoms with Crippen molar-refractivity contribution in [3.05, 3.63) is 18.1 Å². The molecule has 1 aromatic rings. The third-order valence-corrected chi connectivity index (χ3v) is 4.57. The summed E-state index contributed by atoms with van der Waals surface area (Å²) in [5.74, 6) is 0.675. The van der Waals surface area contributed by atoms with E-state index in [-0.39, 0.29) is 5.91 Å². The fourth-order valence-electron chi connectivity index (χ4n) is 3.29. The van der Waals surface area contributed by atoms with Crippen LogP contribution in [-0.4, -0.2) is 64.9 Å². The minimum Gasteiger partial charge on any atom is -0.372 e. The van der Waals surface area contributed by atoms with Gasteiger partial charge in [0.2, 0.25) is 0 Å². The van der Waals surface area contributed by atoms with Crippen LogP contribution in [0.1, 0.15) is 36.2 Å². The van der Waals surface area contributed by atoms with Gasteiger partial charge in [0, 0.05) is 39.3 Å². The van der Waals surface area contributed by atoms with Crippen LogP contribution in [0, 0.1) is 0 Å². The van der Waals surface area contributed by atoms with E-state index in [0.717, 1.165) is 32.2 Å². The molecule has 0 bridgehead atoms. The van der Waals surface area contributed by atoms with E-state index in [4.69, 9.17) is 0 Å². The summed E-state index contributed by atoms with van der Waals surface area (Å²) in [6, 6.07) is 0.747. The maximum atomic E-state index is 12.4. The second-order valence-corrected chi connectivity index (χ2v) is 5.80. The maximum absolute atomic E-state index is 12.4. The van der Waals surface area contributed by atoms with Crippen LogP contribution in [0.2, 0.25) is 0 Å². The van der Waals surface area contributed by atoms with Gasteiger partial charge in [-0.2, -0.15) is 0 Å². The zero-order valence-electron chi connectivity index (χ0n) is 12.6. The third kappa shape index (κ3) is 3.15. The van der Waals surface area contributed by atoms with Crippen molar-refractivity contribution < 1.29 is 4.79 Å². The van der Waals surface area contributed by atoms with E-state index in [1.807, 2.05) is 4.90 Å². The van der Waals surface area contributed by atoms with Crippen LogP contribution in [0.5, 0.6) is 0 Å². The molecule has 0 atom stereocenters. The van der Waals surface area contributed by atoms with E-state index in [1.165, 1.54) is 25.7 Å². The first kappa shape index (κ1) is 14.3. The number of carbonyl (C=O) groups excluding carboxylic acids is 1. The molecule has 2 fully saturated rings. The number of carbonyl (C=O) groups is 1. The number of hydrogen-bond donors (Lipinski definition) is 1. The minimum absolute atomic E-state index is 0.00350. The molecule has 1 aliphatic heterocycles. The number of nitrogens with one attached hydrogen (secondary N) is 1. The molecule has 0 radical (unpaired) electrons. The molecule has 1 N–H and O–H groups in total. The monoisotopic (exact) mass is 289 g/mol. The maximum Gasteiger partial charge on any atom is 0.274 e. The van der Waals surface area contributed by atoms with Gasteiger partial charge in [-0.25, -0.2) is 9.97 Å². The van der Waals surface area contributed by atoms with Gasteiger partial charge < -0.3 is 10.2 Å². The highest BCUT2D eigenvalue weighted by atomic mass is 16.2. The van der Waals surface area contributed by atoms with E-state index in [0.29, 0.717) is 11.5 Å². The standard InChI is InChI=1S/C15H23N5O/c1-16-14-11-17-13(10-18-14)15(21)20-8-6-19(7-9-20)12-4-2-3-5-12/h10-12H,2-9H2,1H3,(H,16,18). The number of anilines is 1. The lowest BCUT2D eigenvalue weighted by atomic mass is 10.2. The van der Waals surface area contributed by atoms with Gasteiger partial charge in [-0.05, 0) is 12.8 Å². The van der Waals surface area contributed by atoms with Crippen molar-refractivity contribution in [1.82, 2.24) is 19.8 Å².